The minimum absolute atomic E-state index is 0.107. The molecule has 0 aromatic heterocycles. The van der Waals surface area contributed by atoms with E-state index in [9.17, 15) is 13.2 Å². The number of esters is 1. The summed E-state index contributed by atoms with van der Waals surface area (Å²) in [4.78, 5) is 12.8. The van der Waals surface area contributed by atoms with Crippen molar-refractivity contribution in [2.75, 3.05) is 20.2 Å². The Bertz CT molecular complexity index is 1130. The molecule has 1 unspecified atom stereocenters. The van der Waals surface area contributed by atoms with Crippen LogP contribution in [-0.2, 0) is 19.6 Å². The molecule has 0 saturated carbocycles. The van der Waals surface area contributed by atoms with Crippen LogP contribution in [0.2, 0.25) is 0 Å². The normalized spacial score (nSPS) is 16.0. The molecule has 6 heteroatoms. The Labute approximate surface area is 184 Å². The molecule has 31 heavy (non-hydrogen) atoms. The fourth-order valence-electron chi connectivity index (χ4n) is 3.51. The van der Waals surface area contributed by atoms with Gasteiger partial charge >= 0.3 is 5.97 Å². The molecule has 1 aliphatic rings. The summed E-state index contributed by atoms with van der Waals surface area (Å²) in [7, 11) is -2.37. The second-order valence-corrected chi connectivity index (χ2v) is 9.55. The topological polar surface area (TPSA) is 63.7 Å². The van der Waals surface area contributed by atoms with Crippen molar-refractivity contribution < 1.29 is 17.9 Å². The molecule has 1 heterocycles. The van der Waals surface area contributed by atoms with E-state index in [1.54, 1.807) is 36.4 Å². The van der Waals surface area contributed by atoms with E-state index < -0.39 is 21.9 Å². The summed E-state index contributed by atoms with van der Waals surface area (Å²) in [5, 5.41) is 0. The van der Waals surface area contributed by atoms with E-state index in [1.807, 2.05) is 44.2 Å². The van der Waals surface area contributed by atoms with Crippen LogP contribution in [0.5, 0.6) is 0 Å². The Morgan fingerprint density at radius 1 is 1.03 bits per heavy atom. The van der Waals surface area contributed by atoms with Gasteiger partial charge in [-0.3, -0.25) is 4.79 Å². The highest BCUT2D eigenvalue weighted by Gasteiger charge is 2.36. The first-order chi connectivity index (χ1) is 14.8. The van der Waals surface area contributed by atoms with Crippen molar-refractivity contribution in [2.45, 2.75) is 18.7 Å². The molecule has 0 fully saturated rings. The third kappa shape index (κ3) is 5.03. The lowest BCUT2D eigenvalue weighted by molar-refractivity contribution is -0.142. The number of hydrogen-bond acceptors (Lipinski definition) is 4. The third-order valence-electron chi connectivity index (χ3n) is 5.40. The summed E-state index contributed by atoms with van der Waals surface area (Å²) in [6.07, 6.45) is 5.23. The molecule has 2 aromatic rings. The average Bonchev–Trinajstić information content (AvgIpc) is 3.20. The van der Waals surface area contributed by atoms with Gasteiger partial charge in [0.25, 0.3) is 0 Å². The third-order valence-corrected chi connectivity index (χ3v) is 7.21. The highest BCUT2D eigenvalue weighted by Crippen LogP contribution is 2.31. The number of benzene rings is 2. The second-order valence-electron chi connectivity index (χ2n) is 7.61. The average molecular weight is 438 g/mol. The van der Waals surface area contributed by atoms with Crippen molar-refractivity contribution in [3.63, 3.8) is 0 Å². The lowest BCUT2D eigenvalue weighted by Gasteiger charge is -2.18. The molecule has 0 spiro atoms. The summed E-state index contributed by atoms with van der Waals surface area (Å²) in [6, 6.07) is 14.7. The van der Waals surface area contributed by atoms with Crippen LogP contribution in [0.3, 0.4) is 0 Å². The number of sulfonamides is 1. The van der Waals surface area contributed by atoms with E-state index in [-0.39, 0.29) is 18.0 Å². The van der Waals surface area contributed by atoms with Gasteiger partial charge in [-0.05, 0) is 42.7 Å². The number of nitrogens with zero attached hydrogens (tertiary/aromatic N) is 1. The smallest absolute Gasteiger partial charge is 0.316 e. The molecular weight excluding hydrogens is 410 g/mol. The molecule has 1 atom stereocenters. The number of methoxy groups -OCH3 is 1. The first kappa shape index (κ1) is 22.7. The molecule has 0 N–H and O–H groups in total. The predicted octanol–water partition coefficient (Wildman–Crippen LogP) is 4.29. The number of carbonyl (C=O) groups excluding carboxylic acids is 1. The van der Waals surface area contributed by atoms with Gasteiger partial charge in [-0.2, -0.15) is 4.31 Å². The van der Waals surface area contributed by atoms with E-state index >= 15 is 0 Å². The predicted molar refractivity (Wildman–Crippen MR) is 123 cm³/mol. The zero-order chi connectivity index (χ0) is 22.6. The van der Waals surface area contributed by atoms with Crippen molar-refractivity contribution in [3.05, 3.63) is 95.1 Å². The van der Waals surface area contributed by atoms with Gasteiger partial charge in [0.05, 0.1) is 17.9 Å². The lowest BCUT2D eigenvalue weighted by Crippen LogP contribution is -2.30. The van der Waals surface area contributed by atoms with Gasteiger partial charge in [-0.25, -0.2) is 8.42 Å². The van der Waals surface area contributed by atoms with Crippen molar-refractivity contribution in [1.82, 2.24) is 4.31 Å². The maximum Gasteiger partial charge on any atom is 0.316 e. The van der Waals surface area contributed by atoms with Crippen molar-refractivity contribution in [2.24, 2.45) is 5.92 Å². The maximum absolute atomic E-state index is 13.2. The highest BCUT2D eigenvalue weighted by atomic mass is 32.2. The zero-order valence-electron chi connectivity index (χ0n) is 18.0. The first-order valence-electron chi connectivity index (χ1n) is 10.00. The molecule has 0 bridgehead atoms. The molecule has 0 amide bonds. The van der Waals surface area contributed by atoms with Crippen LogP contribution >= 0.6 is 0 Å². The lowest BCUT2D eigenvalue weighted by atomic mass is 9.94. The Balaban J connectivity index is 1.91. The van der Waals surface area contributed by atoms with Gasteiger partial charge in [0.1, 0.15) is 0 Å². The van der Waals surface area contributed by atoms with Gasteiger partial charge in [0.15, 0.2) is 0 Å². The molecule has 3 rings (SSSR count). The second kappa shape index (κ2) is 9.45. The Morgan fingerprint density at radius 2 is 1.61 bits per heavy atom. The van der Waals surface area contributed by atoms with Gasteiger partial charge in [-0.1, -0.05) is 72.3 Å². The fraction of sp³-hybridized carbons (Fsp3) is 0.240. The van der Waals surface area contributed by atoms with Crippen LogP contribution in [0.25, 0.3) is 6.08 Å². The largest absolute Gasteiger partial charge is 0.468 e. The monoisotopic (exact) mass is 437 g/mol. The van der Waals surface area contributed by atoms with Crippen LogP contribution in [0.1, 0.15) is 16.7 Å². The Hall–Kier alpha value is -2.96. The minimum Gasteiger partial charge on any atom is -0.468 e. The van der Waals surface area contributed by atoms with Crippen LogP contribution in [0.15, 0.2) is 83.3 Å². The zero-order valence-corrected chi connectivity index (χ0v) is 18.9. The minimum atomic E-state index is -3.70. The maximum atomic E-state index is 13.2. The van der Waals surface area contributed by atoms with E-state index in [0.717, 1.165) is 22.3 Å². The quantitative estimate of drug-likeness (QED) is 0.606. The SMILES string of the molecule is C=CC1=C(C(/C=C/c2ccc(C)cc2)C(=O)OC)CN(S(=O)(=O)c2ccc(C)cc2)C1. The van der Waals surface area contributed by atoms with Crippen LogP contribution in [0, 0.1) is 19.8 Å². The van der Waals surface area contributed by atoms with Crippen LogP contribution in [-0.4, -0.2) is 38.9 Å². The summed E-state index contributed by atoms with van der Waals surface area (Å²) >= 11 is 0. The summed E-state index contributed by atoms with van der Waals surface area (Å²) in [5.74, 6) is -1.13. The summed E-state index contributed by atoms with van der Waals surface area (Å²) < 4.78 is 32.7. The molecule has 162 valence electrons. The standard InChI is InChI=1S/C25H27NO4S/c1-5-21-16-26(31(28,29)22-13-8-19(3)9-14-22)17-24(21)23(25(27)30-4)15-12-20-10-6-18(2)7-11-20/h5-15,23H,1,16-17H2,2-4H3/b15-12+. The van der Waals surface area contributed by atoms with Crippen LogP contribution < -0.4 is 0 Å². The fourth-order valence-corrected chi connectivity index (χ4v) is 4.91. The van der Waals surface area contributed by atoms with E-state index in [1.165, 1.54) is 11.4 Å². The molecule has 5 nitrogen and oxygen atoms in total. The van der Waals surface area contributed by atoms with Gasteiger partial charge in [0.2, 0.25) is 10.0 Å². The van der Waals surface area contributed by atoms with E-state index in [2.05, 4.69) is 6.58 Å². The summed E-state index contributed by atoms with van der Waals surface area (Å²) in [6.45, 7) is 8.02. The van der Waals surface area contributed by atoms with Crippen molar-refractivity contribution in [3.8, 4) is 0 Å². The van der Waals surface area contributed by atoms with E-state index in [0.29, 0.717) is 5.57 Å². The van der Waals surface area contributed by atoms with Crippen molar-refractivity contribution in [1.29, 1.82) is 0 Å². The number of hydrogen-bond donors (Lipinski definition) is 0. The van der Waals surface area contributed by atoms with Crippen LogP contribution in [0.4, 0.5) is 0 Å². The molecular formula is C25H27NO4S. The number of ether oxygens (including phenoxy) is 1. The van der Waals surface area contributed by atoms with Gasteiger partial charge in [0, 0.05) is 13.1 Å². The molecule has 0 saturated heterocycles. The summed E-state index contributed by atoms with van der Waals surface area (Å²) in [5.41, 5.74) is 4.48. The van der Waals surface area contributed by atoms with Crippen molar-refractivity contribution >= 4 is 22.1 Å². The number of aryl methyl sites for hydroxylation is 2. The van der Waals surface area contributed by atoms with Gasteiger partial charge < -0.3 is 4.74 Å². The highest BCUT2D eigenvalue weighted by molar-refractivity contribution is 7.89. The molecule has 0 aliphatic carbocycles. The molecule has 0 radical (unpaired) electrons. The first-order valence-corrected chi connectivity index (χ1v) is 11.4. The molecule has 1 aliphatic heterocycles. The number of carbonyl (C=O) groups is 1. The molecule has 2 aromatic carbocycles. The Kier molecular flexibility index (Phi) is 6.93. The Morgan fingerprint density at radius 3 is 2.16 bits per heavy atom. The van der Waals surface area contributed by atoms with Gasteiger partial charge in [-0.15, -0.1) is 0 Å². The van der Waals surface area contributed by atoms with E-state index in [4.69, 9.17) is 4.74 Å². The number of rotatable bonds is 7.